The van der Waals surface area contributed by atoms with E-state index in [1.165, 1.54) is 12.0 Å². The number of hydrogen-bond donors (Lipinski definition) is 1. The average molecular weight is 512 g/mol. The van der Waals surface area contributed by atoms with E-state index >= 15 is 0 Å². The van der Waals surface area contributed by atoms with Crippen LogP contribution in [-0.4, -0.2) is 42.5 Å². The Kier molecular flexibility index (Phi) is 8.28. The van der Waals surface area contributed by atoms with Crippen LogP contribution in [0.3, 0.4) is 0 Å². The normalized spacial score (nSPS) is 14.4. The number of nitrogens with one attached hydrogen (secondary N) is 1. The SMILES string of the molecule is COc1ccc(-c2ccccc2)c(NC(=O)c2csc(C3CCN(CCCc4ccccc4)CC3)n2)c1. The zero-order valence-corrected chi connectivity index (χ0v) is 22.0. The lowest BCUT2D eigenvalue weighted by Crippen LogP contribution is -2.33. The molecule has 0 unspecified atom stereocenters. The first-order valence-corrected chi connectivity index (χ1v) is 13.8. The molecular weight excluding hydrogens is 478 g/mol. The summed E-state index contributed by atoms with van der Waals surface area (Å²) < 4.78 is 5.40. The molecule has 1 aliphatic rings. The molecule has 0 bridgehead atoms. The van der Waals surface area contributed by atoms with Crippen LogP contribution in [0.5, 0.6) is 5.75 Å². The summed E-state index contributed by atoms with van der Waals surface area (Å²) in [5.41, 5.74) is 4.59. The first kappa shape index (κ1) is 25.2. The molecule has 1 amide bonds. The molecular formula is C31H33N3O2S. The van der Waals surface area contributed by atoms with Gasteiger partial charge < -0.3 is 15.0 Å². The molecule has 0 atom stereocenters. The lowest BCUT2D eigenvalue weighted by atomic mass is 9.97. The number of amides is 1. The van der Waals surface area contributed by atoms with Crippen molar-refractivity contribution in [3.8, 4) is 16.9 Å². The number of anilines is 1. The summed E-state index contributed by atoms with van der Waals surface area (Å²) in [7, 11) is 1.63. The molecule has 0 saturated carbocycles. The van der Waals surface area contributed by atoms with Gasteiger partial charge in [-0.15, -0.1) is 11.3 Å². The van der Waals surface area contributed by atoms with Crippen molar-refractivity contribution in [3.63, 3.8) is 0 Å². The van der Waals surface area contributed by atoms with Crippen LogP contribution < -0.4 is 10.1 Å². The van der Waals surface area contributed by atoms with Crippen LogP contribution in [0.25, 0.3) is 11.1 Å². The molecule has 1 N–H and O–H groups in total. The van der Waals surface area contributed by atoms with Crippen molar-refractivity contribution in [2.45, 2.75) is 31.6 Å². The molecule has 1 aromatic heterocycles. The number of rotatable bonds is 9. The fraction of sp³-hybridized carbons (Fsp3) is 0.290. The van der Waals surface area contributed by atoms with Gasteiger partial charge in [-0.1, -0.05) is 60.7 Å². The molecule has 190 valence electrons. The number of nitrogens with zero attached hydrogens (tertiary/aromatic N) is 2. The van der Waals surface area contributed by atoms with Crippen LogP contribution in [0.1, 0.15) is 46.2 Å². The summed E-state index contributed by atoms with van der Waals surface area (Å²) in [6.45, 7) is 3.31. The molecule has 5 rings (SSSR count). The third kappa shape index (κ3) is 6.45. The number of carbonyl (C=O) groups excluding carboxylic acids is 1. The Morgan fingerprint density at radius 1 is 1.03 bits per heavy atom. The van der Waals surface area contributed by atoms with Gasteiger partial charge >= 0.3 is 0 Å². The maximum absolute atomic E-state index is 13.2. The smallest absolute Gasteiger partial charge is 0.275 e. The summed E-state index contributed by atoms with van der Waals surface area (Å²) in [5, 5.41) is 6.04. The third-order valence-corrected chi connectivity index (χ3v) is 8.04. The average Bonchev–Trinajstić information content (AvgIpc) is 3.45. The Labute approximate surface area is 223 Å². The van der Waals surface area contributed by atoms with Crippen LogP contribution in [0.15, 0.2) is 84.2 Å². The van der Waals surface area contributed by atoms with Crippen molar-refractivity contribution in [3.05, 3.63) is 101 Å². The minimum absolute atomic E-state index is 0.189. The number of thiazole rings is 1. The molecule has 37 heavy (non-hydrogen) atoms. The van der Waals surface area contributed by atoms with Crippen molar-refractivity contribution >= 4 is 22.9 Å². The quantitative estimate of drug-likeness (QED) is 0.266. The monoisotopic (exact) mass is 511 g/mol. The Morgan fingerprint density at radius 2 is 1.76 bits per heavy atom. The van der Waals surface area contributed by atoms with Crippen LogP contribution in [0.2, 0.25) is 0 Å². The van der Waals surface area contributed by atoms with Gasteiger partial charge in [0, 0.05) is 22.9 Å². The summed E-state index contributed by atoms with van der Waals surface area (Å²) in [6.07, 6.45) is 4.50. The number of ether oxygens (including phenoxy) is 1. The molecule has 0 radical (unpaired) electrons. The number of hydrogen-bond acceptors (Lipinski definition) is 5. The molecule has 3 aromatic carbocycles. The van der Waals surface area contributed by atoms with E-state index in [2.05, 4.69) is 40.5 Å². The zero-order valence-electron chi connectivity index (χ0n) is 21.2. The van der Waals surface area contributed by atoms with Gasteiger partial charge in [0.05, 0.1) is 17.8 Å². The number of benzene rings is 3. The van der Waals surface area contributed by atoms with Crippen molar-refractivity contribution < 1.29 is 9.53 Å². The van der Waals surface area contributed by atoms with E-state index in [1.54, 1.807) is 18.4 Å². The van der Waals surface area contributed by atoms with Gasteiger partial charge in [0.2, 0.25) is 0 Å². The van der Waals surface area contributed by atoms with E-state index in [-0.39, 0.29) is 5.91 Å². The number of aromatic nitrogens is 1. The van der Waals surface area contributed by atoms with Crippen molar-refractivity contribution in [1.82, 2.24) is 9.88 Å². The molecule has 4 aromatic rings. The van der Waals surface area contributed by atoms with E-state index in [0.717, 1.165) is 55.0 Å². The van der Waals surface area contributed by atoms with Gasteiger partial charge in [0.1, 0.15) is 11.4 Å². The minimum atomic E-state index is -0.189. The van der Waals surface area contributed by atoms with Crippen molar-refractivity contribution in [1.29, 1.82) is 0 Å². The van der Waals surface area contributed by atoms with Crippen LogP contribution in [-0.2, 0) is 6.42 Å². The second-order valence-electron chi connectivity index (χ2n) is 9.51. The Bertz CT molecular complexity index is 1300. The van der Waals surface area contributed by atoms with Crippen molar-refractivity contribution in [2.24, 2.45) is 0 Å². The number of carbonyl (C=O) groups is 1. The molecule has 1 saturated heterocycles. The predicted octanol–water partition coefficient (Wildman–Crippen LogP) is 6.88. The maximum Gasteiger partial charge on any atom is 0.275 e. The largest absolute Gasteiger partial charge is 0.497 e. The fourth-order valence-electron chi connectivity index (χ4n) is 4.94. The van der Waals surface area contributed by atoms with Gasteiger partial charge in [0.15, 0.2) is 0 Å². The molecule has 6 heteroatoms. The van der Waals surface area contributed by atoms with Gasteiger partial charge in [-0.2, -0.15) is 0 Å². The first-order valence-electron chi connectivity index (χ1n) is 13.0. The predicted molar refractivity (Wildman–Crippen MR) is 152 cm³/mol. The van der Waals surface area contributed by atoms with E-state index < -0.39 is 0 Å². The van der Waals surface area contributed by atoms with Crippen LogP contribution >= 0.6 is 11.3 Å². The Balaban J connectivity index is 1.18. The van der Waals surface area contributed by atoms with Gasteiger partial charge in [-0.25, -0.2) is 4.98 Å². The first-order chi connectivity index (χ1) is 18.2. The topological polar surface area (TPSA) is 54.5 Å². The molecule has 1 fully saturated rings. The van der Waals surface area contributed by atoms with Gasteiger partial charge in [0.25, 0.3) is 5.91 Å². The summed E-state index contributed by atoms with van der Waals surface area (Å²) >= 11 is 1.60. The lowest BCUT2D eigenvalue weighted by Gasteiger charge is -2.31. The highest BCUT2D eigenvalue weighted by molar-refractivity contribution is 7.10. The second-order valence-corrected chi connectivity index (χ2v) is 10.4. The fourth-order valence-corrected chi connectivity index (χ4v) is 5.92. The number of aryl methyl sites for hydroxylation is 1. The van der Waals surface area contributed by atoms with E-state index in [1.807, 2.05) is 53.9 Å². The van der Waals surface area contributed by atoms with Crippen molar-refractivity contribution in [2.75, 3.05) is 32.1 Å². The molecule has 0 aliphatic carbocycles. The molecule has 5 nitrogen and oxygen atoms in total. The summed E-state index contributed by atoms with van der Waals surface area (Å²) in [5.74, 6) is 0.935. The summed E-state index contributed by atoms with van der Waals surface area (Å²) in [6, 6.07) is 26.5. The lowest BCUT2D eigenvalue weighted by molar-refractivity contribution is 0.102. The number of likely N-dealkylation sites (tertiary alicyclic amines) is 1. The second kappa shape index (κ2) is 12.2. The minimum Gasteiger partial charge on any atom is -0.497 e. The third-order valence-electron chi connectivity index (χ3n) is 7.03. The highest BCUT2D eigenvalue weighted by Crippen LogP contribution is 2.33. The number of methoxy groups -OCH3 is 1. The van der Waals surface area contributed by atoms with E-state index in [0.29, 0.717) is 23.0 Å². The maximum atomic E-state index is 13.2. The van der Waals surface area contributed by atoms with Gasteiger partial charge in [-0.05, 0) is 68.6 Å². The van der Waals surface area contributed by atoms with Crippen LogP contribution in [0, 0.1) is 0 Å². The van der Waals surface area contributed by atoms with E-state index in [4.69, 9.17) is 9.72 Å². The molecule has 1 aliphatic heterocycles. The zero-order chi connectivity index (χ0) is 25.5. The summed E-state index contributed by atoms with van der Waals surface area (Å²) in [4.78, 5) is 20.5. The molecule has 0 spiro atoms. The number of piperidine rings is 1. The Hall–Kier alpha value is -3.48. The Morgan fingerprint density at radius 3 is 2.49 bits per heavy atom. The van der Waals surface area contributed by atoms with Crippen LogP contribution in [0.4, 0.5) is 5.69 Å². The van der Waals surface area contributed by atoms with E-state index in [9.17, 15) is 4.79 Å². The molecule has 2 heterocycles. The van der Waals surface area contributed by atoms with Gasteiger partial charge in [-0.3, -0.25) is 4.79 Å². The highest BCUT2D eigenvalue weighted by atomic mass is 32.1. The standard InChI is InChI=1S/C31H33N3O2S/c1-36-26-14-15-27(24-12-6-3-7-13-24)28(21-26)32-30(35)29-22-37-31(33-29)25-16-19-34(20-17-25)18-8-11-23-9-4-2-5-10-23/h2-7,9-10,12-15,21-22,25H,8,11,16-20H2,1H3,(H,32,35). The highest BCUT2D eigenvalue weighted by Gasteiger charge is 2.24.